The van der Waals surface area contributed by atoms with Crippen LogP contribution in [0.25, 0.3) is 11.1 Å². The molecule has 3 aromatic carbocycles. The number of benzene rings is 3. The Bertz CT molecular complexity index is 969. The van der Waals surface area contributed by atoms with Gasteiger partial charge in [-0.15, -0.1) is 0 Å². The lowest BCUT2D eigenvalue weighted by atomic mass is 10.0. The number of halogens is 3. The molecule has 0 aliphatic heterocycles. The minimum atomic E-state index is -0.992. The third kappa shape index (κ3) is 5.11. The van der Waals surface area contributed by atoms with Crippen molar-refractivity contribution in [2.75, 3.05) is 6.61 Å². The van der Waals surface area contributed by atoms with Crippen molar-refractivity contribution < 1.29 is 22.6 Å². The molecule has 0 N–H and O–H groups in total. The molecule has 0 spiro atoms. The molecule has 29 heavy (non-hydrogen) atoms. The molecule has 2 nitrogen and oxygen atoms in total. The first-order valence-corrected chi connectivity index (χ1v) is 9.58. The Morgan fingerprint density at radius 2 is 1.59 bits per heavy atom. The highest BCUT2D eigenvalue weighted by Crippen LogP contribution is 2.31. The van der Waals surface area contributed by atoms with Crippen molar-refractivity contribution in [1.82, 2.24) is 0 Å². The molecule has 0 bridgehead atoms. The van der Waals surface area contributed by atoms with Crippen LogP contribution in [0.3, 0.4) is 0 Å². The molecule has 0 aromatic heterocycles. The predicted molar refractivity (Wildman–Crippen MR) is 108 cm³/mol. The Balaban J connectivity index is 1.70. The van der Waals surface area contributed by atoms with E-state index < -0.39 is 11.6 Å². The molecule has 0 radical (unpaired) electrons. The van der Waals surface area contributed by atoms with E-state index in [-0.39, 0.29) is 23.7 Å². The largest absolute Gasteiger partial charge is 0.490 e. The standard InChI is InChI=1S/C24H23F3O2/c1-3-4-13-28-22-12-11-20(23(26)24(22)27)17-7-9-19(10-8-17)29-15-18-6-5-16(2)14-21(18)25/h5-12,14H,3-4,13,15H2,1-2H3. The molecule has 0 saturated carbocycles. The third-order valence-corrected chi connectivity index (χ3v) is 4.57. The lowest BCUT2D eigenvalue weighted by Gasteiger charge is -2.11. The van der Waals surface area contributed by atoms with E-state index in [1.807, 2.05) is 19.9 Å². The topological polar surface area (TPSA) is 18.5 Å². The van der Waals surface area contributed by atoms with Crippen molar-refractivity contribution in [1.29, 1.82) is 0 Å². The van der Waals surface area contributed by atoms with Gasteiger partial charge in [-0.1, -0.05) is 37.6 Å². The Hall–Kier alpha value is -2.95. The van der Waals surface area contributed by atoms with Crippen molar-refractivity contribution in [2.24, 2.45) is 0 Å². The lowest BCUT2D eigenvalue weighted by molar-refractivity contribution is 0.289. The van der Waals surface area contributed by atoms with Gasteiger partial charge in [0.1, 0.15) is 18.2 Å². The zero-order valence-electron chi connectivity index (χ0n) is 16.5. The van der Waals surface area contributed by atoms with Crippen LogP contribution in [0.4, 0.5) is 13.2 Å². The highest BCUT2D eigenvalue weighted by Gasteiger charge is 2.16. The molecule has 5 heteroatoms. The Labute approximate surface area is 168 Å². The number of rotatable bonds is 8. The second-order valence-corrected chi connectivity index (χ2v) is 6.85. The number of unbranched alkanes of at least 4 members (excludes halogenated alkanes) is 1. The van der Waals surface area contributed by atoms with Crippen LogP contribution < -0.4 is 9.47 Å². The summed E-state index contributed by atoms with van der Waals surface area (Å²) in [7, 11) is 0. The molecule has 0 amide bonds. The maximum absolute atomic E-state index is 14.5. The Morgan fingerprint density at radius 1 is 0.828 bits per heavy atom. The fraction of sp³-hybridized carbons (Fsp3) is 0.250. The molecule has 0 saturated heterocycles. The number of hydrogen-bond acceptors (Lipinski definition) is 2. The highest BCUT2D eigenvalue weighted by atomic mass is 19.2. The van der Waals surface area contributed by atoms with Crippen LogP contribution in [0.1, 0.15) is 30.9 Å². The van der Waals surface area contributed by atoms with Gasteiger partial charge in [0.2, 0.25) is 5.82 Å². The quantitative estimate of drug-likeness (QED) is 0.386. The second-order valence-electron chi connectivity index (χ2n) is 6.85. The molecular weight excluding hydrogens is 377 g/mol. The molecule has 152 valence electrons. The number of aryl methyl sites for hydroxylation is 1. The number of ether oxygens (including phenoxy) is 2. The van der Waals surface area contributed by atoms with Crippen LogP contribution in [0.15, 0.2) is 54.6 Å². The normalized spacial score (nSPS) is 10.8. The van der Waals surface area contributed by atoms with Gasteiger partial charge in [-0.25, -0.2) is 8.78 Å². The molecule has 0 aliphatic carbocycles. The molecule has 0 unspecified atom stereocenters. The molecule has 0 fully saturated rings. The Kier molecular flexibility index (Phi) is 6.81. The predicted octanol–water partition coefficient (Wildman–Crippen LogP) is 6.84. The maximum atomic E-state index is 14.5. The molecule has 0 atom stereocenters. The van der Waals surface area contributed by atoms with Gasteiger partial charge in [0.15, 0.2) is 11.6 Å². The molecule has 0 heterocycles. The van der Waals surface area contributed by atoms with Crippen molar-refractivity contribution in [3.63, 3.8) is 0 Å². The van der Waals surface area contributed by atoms with Gasteiger partial charge in [-0.05, 0) is 54.8 Å². The summed E-state index contributed by atoms with van der Waals surface area (Å²) in [4.78, 5) is 0. The van der Waals surface area contributed by atoms with Crippen molar-refractivity contribution in [3.8, 4) is 22.6 Å². The van der Waals surface area contributed by atoms with E-state index in [9.17, 15) is 13.2 Å². The van der Waals surface area contributed by atoms with Crippen LogP contribution >= 0.6 is 0 Å². The molecule has 3 rings (SSSR count). The van der Waals surface area contributed by atoms with E-state index in [0.29, 0.717) is 23.5 Å². The van der Waals surface area contributed by atoms with Gasteiger partial charge in [0.25, 0.3) is 0 Å². The second kappa shape index (κ2) is 9.50. The van der Waals surface area contributed by atoms with E-state index in [4.69, 9.17) is 9.47 Å². The minimum Gasteiger partial charge on any atom is -0.490 e. The summed E-state index contributed by atoms with van der Waals surface area (Å²) in [5, 5.41) is 0. The van der Waals surface area contributed by atoms with E-state index in [1.54, 1.807) is 30.3 Å². The van der Waals surface area contributed by atoms with Crippen LogP contribution in [0, 0.1) is 24.4 Å². The van der Waals surface area contributed by atoms with E-state index in [1.165, 1.54) is 18.2 Å². The summed E-state index contributed by atoms with van der Waals surface area (Å²) in [5.74, 6) is -1.84. The minimum absolute atomic E-state index is 0.0816. The molecular formula is C24H23F3O2. The summed E-state index contributed by atoms with van der Waals surface area (Å²) in [6.45, 7) is 4.24. The van der Waals surface area contributed by atoms with Gasteiger partial charge in [0, 0.05) is 11.1 Å². The summed E-state index contributed by atoms with van der Waals surface area (Å²) in [6.07, 6.45) is 1.68. The first-order chi connectivity index (χ1) is 14.0. The van der Waals surface area contributed by atoms with E-state index in [2.05, 4.69) is 0 Å². The van der Waals surface area contributed by atoms with Gasteiger partial charge < -0.3 is 9.47 Å². The number of hydrogen-bond donors (Lipinski definition) is 0. The van der Waals surface area contributed by atoms with Gasteiger partial charge in [-0.2, -0.15) is 4.39 Å². The highest BCUT2D eigenvalue weighted by molar-refractivity contribution is 5.66. The summed E-state index contributed by atoms with van der Waals surface area (Å²) >= 11 is 0. The van der Waals surface area contributed by atoms with Crippen molar-refractivity contribution in [2.45, 2.75) is 33.3 Å². The third-order valence-electron chi connectivity index (χ3n) is 4.57. The van der Waals surface area contributed by atoms with Crippen LogP contribution in [0.5, 0.6) is 11.5 Å². The van der Waals surface area contributed by atoms with Crippen molar-refractivity contribution in [3.05, 3.63) is 83.2 Å². The Morgan fingerprint density at radius 3 is 2.28 bits per heavy atom. The van der Waals surface area contributed by atoms with Gasteiger partial charge in [-0.3, -0.25) is 0 Å². The summed E-state index contributed by atoms with van der Waals surface area (Å²) < 4.78 is 53.5. The van der Waals surface area contributed by atoms with Crippen LogP contribution in [-0.2, 0) is 6.61 Å². The van der Waals surface area contributed by atoms with Crippen LogP contribution in [0.2, 0.25) is 0 Å². The lowest BCUT2D eigenvalue weighted by Crippen LogP contribution is -2.01. The van der Waals surface area contributed by atoms with Crippen molar-refractivity contribution >= 4 is 0 Å². The summed E-state index contributed by atoms with van der Waals surface area (Å²) in [5.41, 5.74) is 1.94. The van der Waals surface area contributed by atoms with Crippen LogP contribution in [-0.4, -0.2) is 6.61 Å². The van der Waals surface area contributed by atoms with E-state index in [0.717, 1.165) is 18.4 Å². The zero-order valence-corrected chi connectivity index (χ0v) is 16.5. The summed E-state index contributed by atoms with van der Waals surface area (Å²) in [6, 6.07) is 14.4. The smallest absolute Gasteiger partial charge is 0.201 e. The van der Waals surface area contributed by atoms with E-state index >= 15 is 0 Å². The fourth-order valence-corrected chi connectivity index (χ4v) is 2.85. The van der Waals surface area contributed by atoms with Gasteiger partial charge >= 0.3 is 0 Å². The first kappa shape index (κ1) is 20.8. The molecule has 3 aromatic rings. The molecule has 0 aliphatic rings. The average Bonchev–Trinajstić information content (AvgIpc) is 2.71. The first-order valence-electron chi connectivity index (χ1n) is 9.58. The maximum Gasteiger partial charge on any atom is 0.201 e. The SMILES string of the molecule is CCCCOc1ccc(-c2ccc(OCc3ccc(C)cc3F)cc2)c(F)c1F. The fourth-order valence-electron chi connectivity index (χ4n) is 2.85. The monoisotopic (exact) mass is 400 g/mol. The zero-order chi connectivity index (χ0) is 20.8. The van der Waals surface area contributed by atoms with Gasteiger partial charge in [0.05, 0.1) is 6.61 Å². The average molecular weight is 400 g/mol.